The van der Waals surface area contributed by atoms with E-state index in [9.17, 15) is 0 Å². The van der Waals surface area contributed by atoms with Gasteiger partial charge < -0.3 is 10.1 Å². The molecule has 2 aliphatic rings. The van der Waals surface area contributed by atoms with Crippen molar-refractivity contribution in [1.29, 1.82) is 0 Å². The first-order valence-corrected chi connectivity index (χ1v) is 7.53. The quantitative estimate of drug-likeness (QED) is 0.765. The summed E-state index contributed by atoms with van der Waals surface area (Å²) < 4.78 is 5.98. The Labute approximate surface area is 110 Å². The van der Waals surface area contributed by atoms with Crippen LogP contribution in [0.5, 0.6) is 0 Å². The number of hydrogen-bond donors (Lipinski definition) is 1. The second-order valence-electron chi connectivity index (χ2n) is 6.51. The molecule has 2 fully saturated rings. The van der Waals surface area contributed by atoms with E-state index in [0.717, 1.165) is 19.0 Å². The number of ether oxygens (including phenoxy) is 1. The van der Waals surface area contributed by atoms with Crippen LogP contribution in [0.4, 0.5) is 0 Å². The topological polar surface area (TPSA) is 21.3 Å². The minimum Gasteiger partial charge on any atom is -0.371 e. The Balaban J connectivity index is 1.69. The molecular formula is C14H26ClNO. The van der Waals surface area contributed by atoms with Crippen LogP contribution in [-0.4, -0.2) is 30.7 Å². The average molecular weight is 260 g/mol. The Morgan fingerprint density at radius 2 is 1.94 bits per heavy atom. The van der Waals surface area contributed by atoms with Gasteiger partial charge in [0.25, 0.3) is 0 Å². The van der Waals surface area contributed by atoms with Crippen LogP contribution in [0.1, 0.15) is 52.4 Å². The number of alkyl halides is 1. The van der Waals surface area contributed by atoms with Crippen molar-refractivity contribution < 1.29 is 4.74 Å². The summed E-state index contributed by atoms with van der Waals surface area (Å²) in [7, 11) is 0. The van der Waals surface area contributed by atoms with Gasteiger partial charge in [-0.1, -0.05) is 12.8 Å². The van der Waals surface area contributed by atoms with E-state index in [2.05, 4.69) is 19.2 Å². The fraction of sp³-hybridized carbons (Fsp3) is 1.00. The van der Waals surface area contributed by atoms with Gasteiger partial charge in [-0.05, 0) is 44.9 Å². The molecule has 1 heterocycles. The number of rotatable bonds is 5. The molecule has 2 nitrogen and oxygen atoms in total. The summed E-state index contributed by atoms with van der Waals surface area (Å²) in [6, 6.07) is 0. The van der Waals surface area contributed by atoms with Crippen LogP contribution in [0, 0.1) is 5.41 Å². The first-order chi connectivity index (χ1) is 8.05. The SMILES string of the molecule is CC1(C)CCC(CNCC2(CCl)CCCC2)O1. The van der Waals surface area contributed by atoms with E-state index < -0.39 is 0 Å². The van der Waals surface area contributed by atoms with Gasteiger partial charge in [0.2, 0.25) is 0 Å². The Hall–Kier alpha value is 0.210. The molecule has 0 aromatic heterocycles. The molecule has 0 spiro atoms. The van der Waals surface area contributed by atoms with E-state index in [-0.39, 0.29) is 5.60 Å². The summed E-state index contributed by atoms with van der Waals surface area (Å²) in [5, 5.41) is 3.59. The van der Waals surface area contributed by atoms with Gasteiger partial charge in [0.15, 0.2) is 0 Å². The third-order valence-electron chi connectivity index (χ3n) is 4.37. The monoisotopic (exact) mass is 259 g/mol. The molecule has 0 aromatic rings. The van der Waals surface area contributed by atoms with Gasteiger partial charge in [-0.15, -0.1) is 11.6 Å². The van der Waals surface area contributed by atoms with Crippen molar-refractivity contribution in [3.63, 3.8) is 0 Å². The van der Waals surface area contributed by atoms with E-state index in [1.54, 1.807) is 0 Å². The van der Waals surface area contributed by atoms with E-state index in [1.807, 2.05) is 0 Å². The Bertz CT molecular complexity index is 249. The highest BCUT2D eigenvalue weighted by Crippen LogP contribution is 2.38. The average Bonchev–Trinajstić information content (AvgIpc) is 2.87. The van der Waals surface area contributed by atoms with Gasteiger partial charge in [-0.3, -0.25) is 0 Å². The molecule has 1 aliphatic carbocycles. The van der Waals surface area contributed by atoms with Crippen molar-refractivity contribution in [2.45, 2.75) is 64.1 Å². The van der Waals surface area contributed by atoms with Crippen LogP contribution in [0.3, 0.4) is 0 Å². The molecule has 0 bridgehead atoms. The van der Waals surface area contributed by atoms with Crippen LogP contribution in [0.2, 0.25) is 0 Å². The molecule has 1 atom stereocenters. The predicted octanol–water partition coefficient (Wildman–Crippen LogP) is 3.33. The molecule has 1 aliphatic heterocycles. The normalized spacial score (nSPS) is 30.9. The third kappa shape index (κ3) is 3.59. The zero-order valence-electron chi connectivity index (χ0n) is 11.2. The molecule has 3 heteroatoms. The molecule has 100 valence electrons. The molecular weight excluding hydrogens is 234 g/mol. The van der Waals surface area contributed by atoms with Gasteiger partial charge in [-0.25, -0.2) is 0 Å². The Morgan fingerprint density at radius 1 is 1.24 bits per heavy atom. The molecule has 17 heavy (non-hydrogen) atoms. The second-order valence-corrected chi connectivity index (χ2v) is 6.78. The lowest BCUT2D eigenvalue weighted by molar-refractivity contribution is -0.0148. The van der Waals surface area contributed by atoms with E-state index in [1.165, 1.54) is 38.5 Å². The fourth-order valence-corrected chi connectivity index (χ4v) is 3.56. The van der Waals surface area contributed by atoms with Crippen molar-refractivity contribution in [3.05, 3.63) is 0 Å². The maximum Gasteiger partial charge on any atom is 0.0707 e. The molecule has 1 N–H and O–H groups in total. The highest BCUT2D eigenvalue weighted by atomic mass is 35.5. The molecule has 1 unspecified atom stereocenters. The van der Waals surface area contributed by atoms with Gasteiger partial charge in [0.05, 0.1) is 11.7 Å². The first kappa shape index (κ1) is 13.6. The summed E-state index contributed by atoms with van der Waals surface area (Å²) in [6.07, 6.45) is 8.05. The largest absolute Gasteiger partial charge is 0.371 e. The van der Waals surface area contributed by atoms with Crippen LogP contribution < -0.4 is 5.32 Å². The first-order valence-electron chi connectivity index (χ1n) is 7.00. The standard InChI is InChI=1S/C14H26ClNO/c1-13(2)8-5-12(17-13)9-16-11-14(10-15)6-3-4-7-14/h12,16H,3-11H2,1-2H3. The number of hydrogen-bond acceptors (Lipinski definition) is 2. The van der Waals surface area contributed by atoms with Gasteiger partial charge >= 0.3 is 0 Å². The summed E-state index contributed by atoms with van der Waals surface area (Å²) >= 11 is 6.13. The van der Waals surface area contributed by atoms with Crippen molar-refractivity contribution in [2.24, 2.45) is 5.41 Å². The smallest absolute Gasteiger partial charge is 0.0707 e. The van der Waals surface area contributed by atoms with Gasteiger partial charge in [-0.2, -0.15) is 0 Å². The molecule has 1 saturated carbocycles. The lowest BCUT2D eigenvalue weighted by atomic mass is 9.88. The second kappa shape index (κ2) is 5.46. The van der Waals surface area contributed by atoms with Crippen molar-refractivity contribution in [1.82, 2.24) is 5.32 Å². The highest BCUT2D eigenvalue weighted by molar-refractivity contribution is 6.18. The number of nitrogens with one attached hydrogen (secondary N) is 1. The fourth-order valence-electron chi connectivity index (χ4n) is 3.20. The molecule has 0 radical (unpaired) electrons. The van der Waals surface area contributed by atoms with E-state index in [0.29, 0.717) is 11.5 Å². The van der Waals surface area contributed by atoms with Crippen LogP contribution in [-0.2, 0) is 4.74 Å². The summed E-state index contributed by atoms with van der Waals surface area (Å²) in [4.78, 5) is 0. The number of halogens is 1. The zero-order valence-corrected chi connectivity index (χ0v) is 12.0. The van der Waals surface area contributed by atoms with Crippen LogP contribution >= 0.6 is 11.6 Å². The van der Waals surface area contributed by atoms with Crippen molar-refractivity contribution in [2.75, 3.05) is 19.0 Å². The Morgan fingerprint density at radius 3 is 2.47 bits per heavy atom. The van der Waals surface area contributed by atoms with Crippen LogP contribution in [0.25, 0.3) is 0 Å². The summed E-state index contributed by atoms with van der Waals surface area (Å²) in [5.41, 5.74) is 0.458. The lowest BCUT2D eigenvalue weighted by Crippen LogP contribution is -2.38. The molecule has 0 aromatic carbocycles. The summed E-state index contributed by atoms with van der Waals surface area (Å²) in [6.45, 7) is 6.42. The van der Waals surface area contributed by atoms with E-state index in [4.69, 9.17) is 16.3 Å². The molecule has 2 rings (SSSR count). The van der Waals surface area contributed by atoms with Crippen molar-refractivity contribution in [3.8, 4) is 0 Å². The third-order valence-corrected chi connectivity index (χ3v) is 4.94. The van der Waals surface area contributed by atoms with Gasteiger partial charge in [0, 0.05) is 19.0 Å². The maximum absolute atomic E-state index is 6.13. The van der Waals surface area contributed by atoms with E-state index >= 15 is 0 Å². The summed E-state index contributed by atoms with van der Waals surface area (Å²) in [5.74, 6) is 0.803. The zero-order chi connectivity index (χ0) is 12.4. The highest BCUT2D eigenvalue weighted by Gasteiger charge is 2.34. The predicted molar refractivity (Wildman–Crippen MR) is 72.7 cm³/mol. The molecule has 0 amide bonds. The van der Waals surface area contributed by atoms with Crippen molar-refractivity contribution >= 4 is 11.6 Å². The Kier molecular flexibility index (Phi) is 4.38. The van der Waals surface area contributed by atoms with Gasteiger partial charge in [0.1, 0.15) is 0 Å². The van der Waals surface area contributed by atoms with Crippen LogP contribution in [0.15, 0.2) is 0 Å². The molecule has 1 saturated heterocycles. The minimum absolute atomic E-state index is 0.0872. The lowest BCUT2D eigenvalue weighted by Gasteiger charge is -2.27. The minimum atomic E-state index is 0.0872. The maximum atomic E-state index is 6.13.